The Morgan fingerprint density at radius 1 is 1.41 bits per heavy atom. The Morgan fingerprint density at radius 3 is 2.65 bits per heavy atom. The number of ether oxygens (including phenoxy) is 1. The monoisotopic (exact) mass is 238 g/mol. The summed E-state index contributed by atoms with van der Waals surface area (Å²) in [7, 11) is 0. The second-order valence-corrected chi connectivity index (χ2v) is 4.11. The number of nitrogen functional groups attached to an aromatic ring is 1. The number of nitrogens with two attached hydrogens (primary N) is 1. The Hall–Kier alpha value is -1.91. The van der Waals surface area contributed by atoms with Crippen LogP contribution in [0.3, 0.4) is 0 Å². The summed E-state index contributed by atoms with van der Waals surface area (Å²) >= 11 is 0. The van der Waals surface area contributed by atoms with Gasteiger partial charge in [-0.2, -0.15) is 0 Å². The zero-order chi connectivity index (χ0) is 13.0. The van der Waals surface area contributed by atoms with E-state index < -0.39 is 6.10 Å². The van der Waals surface area contributed by atoms with E-state index in [4.69, 9.17) is 10.5 Å². The summed E-state index contributed by atoms with van der Waals surface area (Å²) in [4.78, 5) is 11.6. The molecule has 0 bridgehead atoms. The molecule has 0 radical (unpaired) electrons. The zero-order valence-corrected chi connectivity index (χ0v) is 10.2. The number of phenols is 1. The van der Waals surface area contributed by atoms with Gasteiger partial charge in [0, 0.05) is 6.04 Å². The highest BCUT2D eigenvalue weighted by atomic mass is 16.5. The SMILES string of the molecule is CC(C)NC(=O)C(C)Oc1cccc(O)c1N. The second kappa shape index (κ2) is 5.43. The fourth-order valence-corrected chi connectivity index (χ4v) is 1.28. The number of hydrogen-bond acceptors (Lipinski definition) is 4. The summed E-state index contributed by atoms with van der Waals surface area (Å²) < 4.78 is 5.39. The smallest absolute Gasteiger partial charge is 0.260 e. The van der Waals surface area contributed by atoms with Gasteiger partial charge in [-0.15, -0.1) is 0 Å². The quantitative estimate of drug-likeness (QED) is 0.544. The van der Waals surface area contributed by atoms with Crippen molar-refractivity contribution in [3.8, 4) is 11.5 Å². The average molecular weight is 238 g/mol. The minimum Gasteiger partial charge on any atom is -0.506 e. The van der Waals surface area contributed by atoms with Gasteiger partial charge in [0.05, 0.1) is 0 Å². The van der Waals surface area contributed by atoms with Gasteiger partial charge in [0.1, 0.15) is 17.2 Å². The van der Waals surface area contributed by atoms with E-state index in [-0.39, 0.29) is 23.4 Å². The fraction of sp³-hybridized carbons (Fsp3) is 0.417. The Kier molecular flexibility index (Phi) is 4.20. The molecule has 5 nitrogen and oxygen atoms in total. The van der Waals surface area contributed by atoms with Crippen molar-refractivity contribution >= 4 is 11.6 Å². The lowest BCUT2D eigenvalue weighted by molar-refractivity contribution is -0.127. The molecule has 0 aromatic heterocycles. The molecule has 0 spiro atoms. The van der Waals surface area contributed by atoms with Crippen molar-refractivity contribution in [2.75, 3.05) is 5.73 Å². The van der Waals surface area contributed by atoms with E-state index in [1.54, 1.807) is 19.1 Å². The standard InChI is InChI=1S/C12H18N2O3/c1-7(2)14-12(16)8(3)17-10-6-4-5-9(15)11(10)13/h4-8,15H,13H2,1-3H3,(H,14,16). The molecule has 0 aliphatic rings. The van der Waals surface area contributed by atoms with Gasteiger partial charge in [0.25, 0.3) is 5.91 Å². The van der Waals surface area contributed by atoms with E-state index >= 15 is 0 Å². The predicted octanol–water partition coefficient (Wildman–Crippen LogP) is 1.27. The maximum atomic E-state index is 11.6. The summed E-state index contributed by atoms with van der Waals surface area (Å²) in [6.45, 7) is 5.36. The first-order valence-electron chi connectivity index (χ1n) is 5.46. The number of nitrogens with one attached hydrogen (secondary N) is 1. The molecule has 0 saturated heterocycles. The number of carbonyl (C=O) groups is 1. The predicted molar refractivity (Wildman–Crippen MR) is 65.9 cm³/mol. The van der Waals surface area contributed by atoms with Gasteiger partial charge in [-0.1, -0.05) is 6.07 Å². The lowest BCUT2D eigenvalue weighted by Crippen LogP contribution is -2.40. The number of rotatable bonds is 4. The van der Waals surface area contributed by atoms with Crippen LogP contribution in [0.15, 0.2) is 18.2 Å². The lowest BCUT2D eigenvalue weighted by atomic mass is 10.2. The molecule has 17 heavy (non-hydrogen) atoms. The van der Waals surface area contributed by atoms with Gasteiger partial charge in [-0.25, -0.2) is 0 Å². The summed E-state index contributed by atoms with van der Waals surface area (Å²) in [5, 5.41) is 12.1. The van der Waals surface area contributed by atoms with E-state index in [1.807, 2.05) is 13.8 Å². The van der Waals surface area contributed by atoms with Gasteiger partial charge >= 0.3 is 0 Å². The van der Waals surface area contributed by atoms with E-state index in [2.05, 4.69) is 5.32 Å². The van der Waals surface area contributed by atoms with Gasteiger partial charge in [-0.3, -0.25) is 4.79 Å². The highest BCUT2D eigenvalue weighted by Crippen LogP contribution is 2.30. The van der Waals surface area contributed by atoms with Crippen LogP contribution in [0.2, 0.25) is 0 Å². The van der Waals surface area contributed by atoms with Crippen molar-refractivity contribution in [2.24, 2.45) is 0 Å². The molecule has 1 atom stereocenters. The largest absolute Gasteiger partial charge is 0.506 e. The summed E-state index contributed by atoms with van der Waals surface area (Å²) in [6, 6.07) is 4.72. The lowest BCUT2D eigenvalue weighted by Gasteiger charge is -2.17. The number of benzene rings is 1. The molecule has 1 unspecified atom stereocenters. The average Bonchev–Trinajstić information content (AvgIpc) is 2.23. The van der Waals surface area contributed by atoms with Crippen LogP contribution in [0.5, 0.6) is 11.5 Å². The van der Waals surface area contributed by atoms with E-state index in [0.717, 1.165) is 0 Å². The van der Waals surface area contributed by atoms with Crippen LogP contribution in [0.1, 0.15) is 20.8 Å². The fourth-order valence-electron chi connectivity index (χ4n) is 1.28. The molecular weight excluding hydrogens is 220 g/mol. The third-order valence-electron chi connectivity index (χ3n) is 2.15. The molecule has 0 heterocycles. The van der Waals surface area contributed by atoms with Crippen molar-refractivity contribution < 1.29 is 14.6 Å². The maximum absolute atomic E-state index is 11.6. The molecule has 0 aliphatic carbocycles. The highest BCUT2D eigenvalue weighted by Gasteiger charge is 2.17. The van der Waals surface area contributed by atoms with Crippen LogP contribution in [0.4, 0.5) is 5.69 Å². The minimum atomic E-state index is -0.665. The summed E-state index contributed by atoms with van der Waals surface area (Å²) in [5.74, 6) is 0.0260. The molecule has 4 N–H and O–H groups in total. The second-order valence-electron chi connectivity index (χ2n) is 4.11. The van der Waals surface area contributed by atoms with Crippen molar-refractivity contribution in [1.82, 2.24) is 5.32 Å². The van der Waals surface area contributed by atoms with Crippen LogP contribution >= 0.6 is 0 Å². The molecule has 1 aromatic carbocycles. The van der Waals surface area contributed by atoms with Gasteiger partial charge in [0.15, 0.2) is 6.10 Å². The van der Waals surface area contributed by atoms with Gasteiger partial charge < -0.3 is 20.9 Å². The molecule has 94 valence electrons. The molecule has 1 rings (SSSR count). The van der Waals surface area contributed by atoms with Crippen molar-refractivity contribution in [2.45, 2.75) is 32.9 Å². The van der Waals surface area contributed by atoms with E-state index in [0.29, 0.717) is 5.75 Å². The van der Waals surface area contributed by atoms with Crippen molar-refractivity contribution in [1.29, 1.82) is 0 Å². The number of para-hydroxylation sites is 1. The number of phenolic OH excluding ortho intramolecular Hbond substituents is 1. The zero-order valence-electron chi connectivity index (χ0n) is 10.2. The molecule has 5 heteroatoms. The van der Waals surface area contributed by atoms with E-state index in [1.165, 1.54) is 6.07 Å². The van der Waals surface area contributed by atoms with Crippen molar-refractivity contribution in [3.63, 3.8) is 0 Å². The Morgan fingerprint density at radius 2 is 2.06 bits per heavy atom. The molecular formula is C12H18N2O3. The molecule has 0 aliphatic heterocycles. The topological polar surface area (TPSA) is 84.6 Å². The minimum absolute atomic E-state index is 0.0510. The van der Waals surface area contributed by atoms with Crippen LogP contribution in [-0.4, -0.2) is 23.2 Å². The number of amides is 1. The van der Waals surface area contributed by atoms with E-state index in [9.17, 15) is 9.90 Å². The Bertz CT molecular complexity index is 405. The van der Waals surface area contributed by atoms with Crippen molar-refractivity contribution in [3.05, 3.63) is 18.2 Å². The van der Waals surface area contributed by atoms with Crippen LogP contribution in [-0.2, 0) is 4.79 Å². The number of carbonyl (C=O) groups excluding carboxylic acids is 1. The summed E-state index contributed by atoms with van der Waals surface area (Å²) in [5.41, 5.74) is 5.76. The molecule has 0 saturated carbocycles. The van der Waals surface area contributed by atoms with Gasteiger partial charge in [-0.05, 0) is 32.9 Å². The maximum Gasteiger partial charge on any atom is 0.260 e. The number of aromatic hydroxyl groups is 1. The molecule has 1 amide bonds. The first-order valence-corrected chi connectivity index (χ1v) is 5.46. The first-order chi connectivity index (χ1) is 7.91. The first kappa shape index (κ1) is 13.2. The number of hydrogen-bond donors (Lipinski definition) is 3. The molecule has 1 aromatic rings. The molecule has 0 fully saturated rings. The summed E-state index contributed by atoms with van der Waals surface area (Å²) in [6.07, 6.45) is -0.665. The van der Waals surface area contributed by atoms with Crippen LogP contribution in [0, 0.1) is 0 Å². The normalized spacial score (nSPS) is 12.2. The highest BCUT2D eigenvalue weighted by molar-refractivity contribution is 5.81. The third kappa shape index (κ3) is 3.55. The van der Waals surface area contributed by atoms with Crippen LogP contribution < -0.4 is 15.8 Å². The Labute approximate surface area is 101 Å². The van der Waals surface area contributed by atoms with Gasteiger partial charge in [0.2, 0.25) is 0 Å². The third-order valence-corrected chi connectivity index (χ3v) is 2.15. The number of anilines is 1. The van der Waals surface area contributed by atoms with Crippen LogP contribution in [0.25, 0.3) is 0 Å². The Balaban J connectivity index is 2.71.